The Morgan fingerprint density at radius 2 is 1.25 bits per heavy atom. The molecule has 0 amide bonds. The molecule has 4 nitrogen and oxygen atoms in total. The summed E-state index contributed by atoms with van der Waals surface area (Å²) in [6.07, 6.45) is 19.1. The molecular formula is C39H62O4Si. The molecule has 4 rings (SSSR count). The standard InChI is InChI=1S/C39H62O4Si/c1-5-6-7-8-9-10-11-12-13-20-25-35(40)36-28-29-38(43-36)37-27-26-32(42-37)30-31-41-44(39(2,3)4,33-21-16-14-17-22-33)34-23-18-15-19-24-34/h14-19,21-24,32,35-38,40H,5-13,20,25-31H2,1-4H3/t32-,35+,36+,37-,38-/m1/s1. The van der Waals surface area contributed by atoms with Crippen molar-refractivity contribution in [3.63, 3.8) is 0 Å². The van der Waals surface area contributed by atoms with Crippen LogP contribution in [0.2, 0.25) is 5.04 Å². The van der Waals surface area contributed by atoms with Gasteiger partial charge in [0.2, 0.25) is 0 Å². The lowest BCUT2D eigenvalue weighted by atomic mass is 10.0. The summed E-state index contributed by atoms with van der Waals surface area (Å²) in [5, 5.41) is 13.5. The van der Waals surface area contributed by atoms with E-state index in [1.54, 1.807) is 0 Å². The SMILES string of the molecule is CCCCCCCCCCCC[C@H](O)[C@@H]1CC[C@H]([C@H]2CC[C@H](CCO[Si](c3ccccc3)(c3ccccc3)C(C)(C)C)O2)O1. The molecule has 2 aliphatic heterocycles. The maximum Gasteiger partial charge on any atom is 0.261 e. The Morgan fingerprint density at radius 3 is 1.82 bits per heavy atom. The van der Waals surface area contributed by atoms with E-state index in [1.165, 1.54) is 68.2 Å². The van der Waals surface area contributed by atoms with E-state index in [2.05, 4.69) is 88.4 Å². The lowest BCUT2D eigenvalue weighted by Gasteiger charge is -2.43. The Bertz CT molecular complexity index is 1000. The Morgan fingerprint density at radius 1 is 0.727 bits per heavy atom. The van der Waals surface area contributed by atoms with Crippen molar-refractivity contribution in [2.75, 3.05) is 6.61 Å². The molecule has 2 aromatic rings. The molecule has 0 unspecified atom stereocenters. The Kier molecular flexibility index (Phi) is 14.5. The average molecular weight is 623 g/mol. The molecular weight excluding hydrogens is 561 g/mol. The van der Waals surface area contributed by atoms with E-state index in [1.807, 2.05) is 0 Å². The van der Waals surface area contributed by atoms with Crippen LogP contribution in [0.25, 0.3) is 0 Å². The summed E-state index contributed by atoms with van der Waals surface area (Å²) in [5.74, 6) is 0. The maximum atomic E-state index is 10.9. The fourth-order valence-electron chi connectivity index (χ4n) is 7.60. The minimum atomic E-state index is -2.52. The fourth-order valence-corrected chi connectivity index (χ4v) is 12.2. The largest absolute Gasteiger partial charge is 0.407 e. The number of ether oxygens (including phenoxy) is 2. The second-order valence-corrected chi connectivity index (χ2v) is 18.8. The minimum absolute atomic E-state index is 0.0177. The topological polar surface area (TPSA) is 47.9 Å². The van der Waals surface area contributed by atoms with Crippen molar-refractivity contribution in [3.05, 3.63) is 60.7 Å². The molecule has 0 aromatic heterocycles. The lowest BCUT2D eigenvalue weighted by molar-refractivity contribution is -0.0947. The second kappa shape index (κ2) is 18.0. The van der Waals surface area contributed by atoms with Gasteiger partial charge in [0.25, 0.3) is 8.32 Å². The van der Waals surface area contributed by atoms with Crippen molar-refractivity contribution >= 4 is 18.7 Å². The van der Waals surface area contributed by atoms with Gasteiger partial charge in [-0.25, -0.2) is 0 Å². The highest BCUT2D eigenvalue weighted by atomic mass is 28.4. The molecule has 1 N–H and O–H groups in total. The summed E-state index contributed by atoms with van der Waals surface area (Å²) in [7, 11) is -2.52. The van der Waals surface area contributed by atoms with Crippen LogP contribution in [0.4, 0.5) is 0 Å². The highest BCUT2D eigenvalue weighted by molar-refractivity contribution is 6.99. The first kappa shape index (κ1) is 35.4. The zero-order chi connectivity index (χ0) is 31.3. The van der Waals surface area contributed by atoms with Crippen LogP contribution in [0.15, 0.2) is 60.7 Å². The summed E-state index contributed by atoms with van der Waals surface area (Å²) < 4.78 is 20.1. The van der Waals surface area contributed by atoms with E-state index < -0.39 is 8.32 Å². The summed E-state index contributed by atoms with van der Waals surface area (Å²) >= 11 is 0. The molecule has 2 fully saturated rings. The molecule has 5 atom stereocenters. The molecule has 0 spiro atoms. The van der Waals surface area contributed by atoms with Crippen molar-refractivity contribution in [2.24, 2.45) is 0 Å². The van der Waals surface area contributed by atoms with Crippen molar-refractivity contribution in [1.29, 1.82) is 0 Å². The van der Waals surface area contributed by atoms with Gasteiger partial charge in [-0.1, -0.05) is 153 Å². The highest BCUT2D eigenvalue weighted by Crippen LogP contribution is 2.38. The van der Waals surface area contributed by atoms with E-state index in [-0.39, 0.29) is 35.6 Å². The number of hydrogen-bond acceptors (Lipinski definition) is 4. The summed E-state index contributed by atoms with van der Waals surface area (Å²) in [4.78, 5) is 0. The third-order valence-corrected chi connectivity index (χ3v) is 15.1. The molecule has 2 aliphatic rings. The van der Waals surface area contributed by atoms with Gasteiger partial charge >= 0.3 is 0 Å². The van der Waals surface area contributed by atoms with Crippen LogP contribution < -0.4 is 10.4 Å². The second-order valence-electron chi connectivity index (χ2n) is 14.5. The Hall–Kier alpha value is -1.50. The normalized spacial score (nSPS) is 23.3. The molecule has 44 heavy (non-hydrogen) atoms. The predicted octanol–water partition coefficient (Wildman–Crippen LogP) is 8.72. The van der Waals surface area contributed by atoms with Gasteiger partial charge in [0.05, 0.1) is 30.5 Å². The van der Waals surface area contributed by atoms with Crippen LogP contribution >= 0.6 is 0 Å². The monoisotopic (exact) mass is 622 g/mol. The quantitative estimate of drug-likeness (QED) is 0.126. The van der Waals surface area contributed by atoms with Crippen LogP contribution in [0, 0.1) is 0 Å². The average Bonchev–Trinajstić information content (AvgIpc) is 3.71. The van der Waals surface area contributed by atoms with Crippen LogP contribution in [0.5, 0.6) is 0 Å². The molecule has 0 bridgehead atoms. The number of rotatable bonds is 19. The van der Waals surface area contributed by atoms with Gasteiger partial charge in [0.1, 0.15) is 0 Å². The number of hydrogen-bond donors (Lipinski definition) is 1. The van der Waals surface area contributed by atoms with Crippen molar-refractivity contribution in [1.82, 2.24) is 0 Å². The molecule has 0 aliphatic carbocycles. The summed E-state index contributed by atoms with van der Waals surface area (Å²) in [6, 6.07) is 21.8. The van der Waals surface area contributed by atoms with Crippen LogP contribution in [0.1, 0.15) is 130 Å². The van der Waals surface area contributed by atoms with Gasteiger partial charge < -0.3 is 19.0 Å². The number of aliphatic hydroxyl groups excluding tert-OH is 1. The number of benzene rings is 2. The molecule has 2 heterocycles. The highest BCUT2D eigenvalue weighted by Gasteiger charge is 2.50. The molecule has 5 heteroatoms. The first-order valence-corrected chi connectivity index (χ1v) is 20.0. The Balaban J connectivity index is 1.19. The molecule has 2 aromatic carbocycles. The van der Waals surface area contributed by atoms with Gasteiger partial charge in [-0.2, -0.15) is 0 Å². The van der Waals surface area contributed by atoms with E-state index in [0.29, 0.717) is 6.61 Å². The van der Waals surface area contributed by atoms with Gasteiger partial charge in [0.15, 0.2) is 0 Å². The fraction of sp³-hybridized carbons (Fsp3) is 0.692. The van der Waals surface area contributed by atoms with E-state index in [0.717, 1.165) is 44.9 Å². The van der Waals surface area contributed by atoms with Crippen molar-refractivity contribution < 1.29 is 19.0 Å². The third kappa shape index (κ3) is 9.75. The van der Waals surface area contributed by atoms with Crippen molar-refractivity contribution in [3.8, 4) is 0 Å². The van der Waals surface area contributed by atoms with E-state index in [9.17, 15) is 5.11 Å². The predicted molar refractivity (Wildman–Crippen MR) is 186 cm³/mol. The first-order chi connectivity index (χ1) is 21.3. The van der Waals surface area contributed by atoms with Gasteiger partial charge in [0, 0.05) is 6.61 Å². The van der Waals surface area contributed by atoms with Crippen LogP contribution in [-0.4, -0.2) is 50.6 Å². The smallest absolute Gasteiger partial charge is 0.261 e. The zero-order valence-corrected chi connectivity index (χ0v) is 29.4. The molecule has 2 saturated heterocycles. The summed E-state index contributed by atoms with van der Waals surface area (Å²) in [5.41, 5.74) is 0. The minimum Gasteiger partial charge on any atom is -0.407 e. The first-order valence-electron chi connectivity index (χ1n) is 18.1. The Labute approximate surface area is 270 Å². The van der Waals surface area contributed by atoms with E-state index in [4.69, 9.17) is 13.9 Å². The molecule has 0 radical (unpaired) electrons. The van der Waals surface area contributed by atoms with Crippen LogP contribution in [-0.2, 0) is 13.9 Å². The lowest BCUT2D eigenvalue weighted by Crippen LogP contribution is -2.66. The molecule has 246 valence electrons. The van der Waals surface area contributed by atoms with E-state index >= 15 is 0 Å². The number of unbranched alkanes of at least 4 members (excludes halogenated alkanes) is 9. The third-order valence-electron chi connectivity index (χ3n) is 10.1. The zero-order valence-electron chi connectivity index (χ0n) is 28.4. The van der Waals surface area contributed by atoms with Gasteiger partial charge in [-0.3, -0.25) is 0 Å². The van der Waals surface area contributed by atoms with Crippen LogP contribution in [0.3, 0.4) is 0 Å². The number of aliphatic hydroxyl groups is 1. The summed E-state index contributed by atoms with van der Waals surface area (Å²) in [6.45, 7) is 9.97. The maximum absolute atomic E-state index is 10.9. The van der Waals surface area contributed by atoms with Gasteiger partial charge in [-0.15, -0.1) is 0 Å². The molecule has 0 saturated carbocycles. The van der Waals surface area contributed by atoms with Crippen molar-refractivity contribution in [2.45, 2.75) is 166 Å². The van der Waals surface area contributed by atoms with Gasteiger partial charge in [-0.05, 0) is 53.9 Å².